The molecule has 15 heteroatoms. The van der Waals surface area contributed by atoms with E-state index in [1.807, 2.05) is 0 Å². The number of fused-ring (bicyclic) bond motifs is 1. The molecule has 7 rings (SSSR count). The Morgan fingerprint density at radius 1 is 0.559 bits per heavy atom. The molecule has 1 aliphatic rings. The van der Waals surface area contributed by atoms with Crippen molar-refractivity contribution in [2.45, 2.75) is 83.1 Å². The van der Waals surface area contributed by atoms with Crippen molar-refractivity contribution in [1.82, 2.24) is 0 Å². The Morgan fingerprint density at radius 2 is 1.06 bits per heavy atom. The van der Waals surface area contributed by atoms with Gasteiger partial charge in [-0.15, -0.1) is 0 Å². The van der Waals surface area contributed by atoms with Crippen molar-refractivity contribution >= 4 is 40.8 Å². The van der Waals surface area contributed by atoms with E-state index in [1.165, 1.54) is 54.6 Å². The lowest BCUT2D eigenvalue weighted by Gasteiger charge is -2.44. The van der Waals surface area contributed by atoms with Crippen molar-refractivity contribution in [2.75, 3.05) is 13.2 Å². The lowest BCUT2D eigenvalue weighted by molar-refractivity contribution is -0.275. The number of unbranched alkanes of at least 4 members (excludes halogenated alkanes) is 5. The van der Waals surface area contributed by atoms with Gasteiger partial charge in [-0.1, -0.05) is 112 Å². The fourth-order valence-electron chi connectivity index (χ4n) is 7.40. The molecule has 1 fully saturated rings. The fraction of sp³-hybridized carbons (Fsp3) is 0.283. The van der Waals surface area contributed by atoms with Gasteiger partial charge in [0, 0.05) is 13.0 Å². The first kappa shape index (κ1) is 48.2. The third-order valence-corrected chi connectivity index (χ3v) is 10.8. The molecule has 1 aliphatic heterocycles. The standard InChI is InChI=1S/C53H50O15/c1-3-4-5-6-7-20-31-60-43-40-30-29-39(32-41(40)64-52(59)46(43)62-34(2)54)63-53-47(68-51(58)38-27-18-11-19-28-38)45(67-50(57)37-25-16-10-17-26-37)44(66-49(56)36-23-14-9-15-24-36)42(65-53)33-61-48(55)35-21-12-8-13-22-35/h8-19,21-30,32,42,44-45,47,53H,3-7,20,31,33H2,1-2H3/t42-,44+,45+,47-,53-/m1/s1. The van der Waals surface area contributed by atoms with E-state index in [2.05, 4.69) is 6.92 Å². The van der Waals surface area contributed by atoms with E-state index in [0.29, 0.717) is 6.42 Å². The lowest BCUT2D eigenvalue weighted by Crippen LogP contribution is -2.63. The summed E-state index contributed by atoms with van der Waals surface area (Å²) in [5.41, 5.74) is -0.479. The number of hydrogen-bond acceptors (Lipinski definition) is 15. The van der Waals surface area contributed by atoms with Crippen LogP contribution in [0.2, 0.25) is 0 Å². The number of rotatable bonds is 20. The highest BCUT2D eigenvalue weighted by atomic mass is 16.7. The van der Waals surface area contributed by atoms with Crippen molar-refractivity contribution < 1.29 is 66.3 Å². The molecule has 15 nitrogen and oxygen atoms in total. The second-order valence-corrected chi connectivity index (χ2v) is 15.7. The molecular weight excluding hydrogens is 877 g/mol. The maximum Gasteiger partial charge on any atom is 0.383 e. The monoisotopic (exact) mass is 926 g/mol. The normalized spacial score (nSPS) is 17.6. The van der Waals surface area contributed by atoms with E-state index in [0.717, 1.165) is 39.0 Å². The van der Waals surface area contributed by atoms with Crippen molar-refractivity contribution in [2.24, 2.45) is 0 Å². The predicted molar refractivity (Wildman–Crippen MR) is 246 cm³/mol. The summed E-state index contributed by atoms with van der Waals surface area (Å²) in [5.74, 6) is -4.58. The molecule has 0 bridgehead atoms. The van der Waals surface area contributed by atoms with Crippen LogP contribution in [0, 0.1) is 0 Å². The fourth-order valence-corrected chi connectivity index (χ4v) is 7.40. The molecule has 0 N–H and O–H groups in total. The molecule has 1 saturated heterocycles. The van der Waals surface area contributed by atoms with E-state index in [9.17, 15) is 28.8 Å². The zero-order valence-electron chi connectivity index (χ0n) is 37.4. The Labute approximate surface area is 391 Å². The van der Waals surface area contributed by atoms with Crippen LogP contribution in [-0.4, -0.2) is 73.8 Å². The van der Waals surface area contributed by atoms with Crippen molar-refractivity contribution in [3.05, 3.63) is 172 Å². The SMILES string of the molecule is CCCCCCCCOc1c(OC(C)=O)c(=O)oc2cc(O[C@@H]3O[C@H](COC(=O)c4ccccc4)[C@H](OC(=O)c4ccccc4)[C@H](OC(=O)c4ccccc4)[C@H]3OC(=O)c3ccccc3)ccc12. The highest BCUT2D eigenvalue weighted by molar-refractivity contribution is 5.92. The van der Waals surface area contributed by atoms with Gasteiger partial charge in [-0.3, -0.25) is 4.79 Å². The van der Waals surface area contributed by atoms with Gasteiger partial charge in [0.05, 0.1) is 34.2 Å². The summed E-state index contributed by atoms with van der Waals surface area (Å²) < 4.78 is 54.1. The van der Waals surface area contributed by atoms with Gasteiger partial charge >= 0.3 is 35.5 Å². The minimum absolute atomic E-state index is 0.00796. The highest BCUT2D eigenvalue weighted by Gasteiger charge is 2.54. The minimum Gasteiger partial charge on any atom is -0.489 e. The minimum atomic E-state index is -1.70. The van der Waals surface area contributed by atoms with Crippen LogP contribution in [0.15, 0.2) is 149 Å². The summed E-state index contributed by atoms with van der Waals surface area (Å²) in [6, 6.07) is 36.4. The van der Waals surface area contributed by atoms with Crippen molar-refractivity contribution in [1.29, 1.82) is 0 Å². The molecule has 2 heterocycles. The summed E-state index contributed by atoms with van der Waals surface area (Å²) in [5, 5.41) is 0.268. The highest BCUT2D eigenvalue weighted by Crippen LogP contribution is 2.37. The number of carbonyl (C=O) groups is 5. The van der Waals surface area contributed by atoms with Crippen LogP contribution in [0.25, 0.3) is 11.0 Å². The summed E-state index contributed by atoms with van der Waals surface area (Å²) in [6.07, 6.45) is -2.24. The van der Waals surface area contributed by atoms with Gasteiger partial charge in [0.15, 0.2) is 18.0 Å². The van der Waals surface area contributed by atoms with E-state index >= 15 is 0 Å². The molecule has 0 radical (unpaired) electrons. The topological polar surface area (TPSA) is 189 Å². The molecule has 6 aromatic rings. The maximum atomic E-state index is 14.0. The molecule has 0 saturated carbocycles. The zero-order valence-corrected chi connectivity index (χ0v) is 37.4. The van der Waals surface area contributed by atoms with E-state index in [4.69, 9.17) is 42.3 Å². The average molecular weight is 927 g/mol. The Morgan fingerprint density at radius 3 is 1.60 bits per heavy atom. The Bertz CT molecular complexity index is 2710. The van der Waals surface area contributed by atoms with Crippen LogP contribution < -0.4 is 19.8 Å². The summed E-state index contributed by atoms with van der Waals surface area (Å²) in [6.45, 7) is 2.92. The van der Waals surface area contributed by atoms with Crippen molar-refractivity contribution in [3.8, 4) is 17.2 Å². The number of benzene rings is 5. The van der Waals surface area contributed by atoms with Gasteiger partial charge in [0.25, 0.3) is 5.75 Å². The van der Waals surface area contributed by atoms with Gasteiger partial charge in [0.2, 0.25) is 12.4 Å². The zero-order chi connectivity index (χ0) is 47.8. The third kappa shape index (κ3) is 12.6. The number of carbonyl (C=O) groups excluding carboxylic acids is 5. The van der Waals surface area contributed by atoms with Gasteiger partial charge in [-0.2, -0.15) is 0 Å². The number of esters is 5. The second-order valence-electron chi connectivity index (χ2n) is 15.7. The molecule has 5 atom stereocenters. The second kappa shape index (κ2) is 23.6. The van der Waals surface area contributed by atoms with Crippen LogP contribution in [-0.2, 0) is 28.5 Å². The third-order valence-electron chi connectivity index (χ3n) is 10.8. The van der Waals surface area contributed by atoms with Crippen LogP contribution in [0.3, 0.4) is 0 Å². The molecule has 0 aliphatic carbocycles. The first-order chi connectivity index (χ1) is 33.1. The summed E-state index contributed by atoms with van der Waals surface area (Å²) in [7, 11) is 0. The molecule has 5 aromatic carbocycles. The number of hydrogen-bond donors (Lipinski definition) is 0. The molecular formula is C53H50O15. The van der Waals surface area contributed by atoms with Crippen molar-refractivity contribution in [3.63, 3.8) is 0 Å². The summed E-state index contributed by atoms with van der Waals surface area (Å²) in [4.78, 5) is 80.8. The Balaban J connectivity index is 1.29. The lowest BCUT2D eigenvalue weighted by atomic mass is 9.97. The van der Waals surface area contributed by atoms with Crippen LogP contribution in [0.1, 0.15) is 93.8 Å². The Kier molecular flexibility index (Phi) is 16.7. The van der Waals surface area contributed by atoms with E-state index in [1.54, 1.807) is 84.9 Å². The van der Waals surface area contributed by atoms with Gasteiger partial charge in [-0.05, 0) is 67.1 Å². The van der Waals surface area contributed by atoms with Gasteiger partial charge < -0.3 is 42.3 Å². The number of ether oxygens (including phenoxy) is 8. The molecule has 68 heavy (non-hydrogen) atoms. The van der Waals surface area contributed by atoms with Crippen LogP contribution in [0.4, 0.5) is 0 Å². The molecule has 0 spiro atoms. The average Bonchev–Trinajstić information content (AvgIpc) is 3.36. The maximum absolute atomic E-state index is 14.0. The first-order valence-electron chi connectivity index (χ1n) is 22.3. The molecule has 0 unspecified atom stereocenters. The molecule has 0 amide bonds. The van der Waals surface area contributed by atoms with Gasteiger partial charge in [-0.25, -0.2) is 24.0 Å². The van der Waals surface area contributed by atoms with E-state index in [-0.39, 0.29) is 51.3 Å². The predicted octanol–water partition coefficient (Wildman–Crippen LogP) is 9.10. The quantitative estimate of drug-likeness (QED) is 0.0305. The van der Waals surface area contributed by atoms with Crippen LogP contribution in [0.5, 0.6) is 17.2 Å². The van der Waals surface area contributed by atoms with E-state index < -0.39 is 78.5 Å². The van der Waals surface area contributed by atoms with Crippen LogP contribution >= 0.6 is 0 Å². The van der Waals surface area contributed by atoms with Gasteiger partial charge in [0.1, 0.15) is 24.0 Å². The smallest absolute Gasteiger partial charge is 0.383 e. The largest absolute Gasteiger partial charge is 0.489 e. The first-order valence-corrected chi connectivity index (χ1v) is 22.3. The molecule has 1 aromatic heterocycles. The molecule has 352 valence electrons. The summed E-state index contributed by atoms with van der Waals surface area (Å²) >= 11 is 0. The Hall–Kier alpha value is -7.78.